The Balaban J connectivity index is 1.58. The van der Waals surface area contributed by atoms with Crippen molar-refractivity contribution in [1.82, 2.24) is 20.2 Å². The number of nitrogens with one attached hydrogen (secondary N) is 3. The topological polar surface area (TPSA) is 101 Å². The second kappa shape index (κ2) is 8.05. The van der Waals surface area contributed by atoms with E-state index in [0.717, 1.165) is 43.3 Å². The zero-order chi connectivity index (χ0) is 18.5. The van der Waals surface area contributed by atoms with Crippen molar-refractivity contribution in [3.8, 4) is 0 Å². The Morgan fingerprint density at radius 1 is 1.11 bits per heavy atom. The molecule has 3 N–H and O–H groups in total. The van der Waals surface area contributed by atoms with Crippen LogP contribution in [0.25, 0.3) is 12.2 Å². The Hall–Kier alpha value is -3.13. The molecule has 4 rings (SSSR count). The van der Waals surface area contributed by atoms with Crippen LogP contribution in [0.3, 0.4) is 0 Å². The number of nitrogens with zero attached hydrogens (tertiary/aromatic N) is 3. The molecule has 27 heavy (non-hydrogen) atoms. The van der Waals surface area contributed by atoms with Crippen molar-refractivity contribution in [2.45, 2.75) is 25.8 Å². The average Bonchev–Trinajstić information content (AvgIpc) is 3.32. The van der Waals surface area contributed by atoms with Gasteiger partial charge in [0.05, 0.1) is 6.26 Å². The van der Waals surface area contributed by atoms with Gasteiger partial charge in [-0.15, -0.1) is 0 Å². The van der Waals surface area contributed by atoms with Crippen LogP contribution in [0.5, 0.6) is 0 Å². The van der Waals surface area contributed by atoms with E-state index < -0.39 is 0 Å². The van der Waals surface area contributed by atoms with Gasteiger partial charge in [0.15, 0.2) is 11.6 Å². The largest absolute Gasteiger partial charge is 0.465 e. The molecule has 0 bridgehead atoms. The monoisotopic (exact) mass is 366 g/mol. The van der Waals surface area contributed by atoms with Crippen LogP contribution in [-0.2, 0) is 4.74 Å². The van der Waals surface area contributed by atoms with Crippen LogP contribution < -0.4 is 10.6 Å². The molecule has 1 fully saturated rings. The van der Waals surface area contributed by atoms with Crippen LogP contribution in [0.1, 0.15) is 30.1 Å². The number of aromatic amines is 1. The van der Waals surface area contributed by atoms with Gasteiger partial charge in [-0.3, -0.25) is 5.10 Å². The van der Waals surface area contributed by atoms with Crippen LogP contribution in [0.15, 0.2) is 34.9 Å². The number of anilines is 3. The molecule has 0 aromatic carbocycles. The van der Waals surface area contributed by atoms with Crippen LogP contribution >= 0.6 is 0 Å². The number of furan rings is 1. The maximum atomic E-state index is 5.43. The zero-order valence-electron chi connectivity index (χ0n) is 15.1. The fraction of sp³-hybridized carbons (Fsp3) is 0.316. The lowest BCUT2D eigenvalue weighted by atomic mass is 10.1. The highest BCUT2D eigenvalue weighted by Gasteiger charge is 2.15. The SMILES string of the molecule is Cc1cc(Nc2cc(NC3CCOCC3)nc(/C=C/c3ccco3)n2)n[nH]1. The minimum absolute atomic E-state index is 0.344. The minimum Gasteiger partial charge on any atom is -0.465 e. The molecule has 8 nitrogen and oxygen atoms in total. The zero-order valence-corrected chi connectivity index (χ0v) is 15.1. The van der Waals surface area contributed by atoms with Crippen molar-refractivity contribution in [3.63, 3.8) is 0 Å². The Morgan fingerprint density at radius 3 is 2.70 bits per heavy atom. The molecule has 0 amide bonds. The normalized spacial score (nSPS) is 15.3. The Morgan fingerprint density at radius 2 is 1.96 bits per heavy atom. The van der Waals surface area contributed by atoms with E-state index in [9.17, 15) is 0 Å². The van der Waals surface area contributed by atoms with E-state index in [-0.39, 0.29) is 0 Å². The molecule has 0 unspecified atom stereocenters. The van der Waals surface area contributed by atoms with Crippen molar-refractivity contribution in [3.05, 3.63) is 47.8 Å². The summed E-state index contributed by atoms with van der Waals surface area (Å²) < 4.78 is 10.8. The van der Waals surface area contributed by atoms with Crippen molar-refractivity contribution >= 4 is 29.6 Å². The van der Waals surface area contributed by atoms with Crippen LogP contribution in [0, 0.1) is 6.92 Å². The molecule has 3 aromatic rings. The summed E-state index contributed by atoms with van der Waals surface area (Å²) >= 11 is 0. The molecule has 3 aromatic heterocycles. The molecule has 0 spiro atoms. The number of hydrogen-bond acceptors (Lipinski definition) is 7. The van der Waals surface area contributed by atoms with Crippen molar-refractivity contribution in [2.75, 3.05) is 23.8 Å². The third-order valence-electron chi connectivity index (χ3n) is 4.22. The molecule has 0 radical (unpaired) electrons. The molecule has 1 saturated heterocycles. The molecule has 4 heterocycles. The van der Waals surface area contributed by atoms with E-state index in [1.807, 2.05) is 43.3 Å². The number of hydrogen-bond donors (Lipinski definition) is 3. The van der Waals surface area contributed by atoms with E-state index in [2.05, 4.69) is 30.8 Å². The summed E-state index contributed by atoms with van der Waals surface area (Å²) in [5, 5.41) is 13.8. The minimum atomic E-state index is 0.344. The van der Waals surface area contributed by atoms with E-state index >= 15 is 0 Å². The molecular formula is C19H22N6O2. The van der Waals surface area contributed by atoms with Gasteiger partial charge >= 0.3 is 0 Å². The van der Waals surface area contributed by atoms with Crippen molar-refractivity contribution < 1.29 is 9.15 Å². The van der Waals surface area contributed by atoms with E-state index in [0.29, 0.717) is 23.5 Å². The van der Waals surface area contributed by atoms with Crippen molar-refractivity contribution in [2.24, 2.45) is 0 Å². The van der Waals surface area contributed by atoms with Gasteiger partial charge in [0.1, 0.15) is 17.4 Å². The Bertz CT molecular complexity index is 897. The highest BCUT2D eigenvalue weighted by atomic mass is 16.5. The summed E-state index contributed by atoms with van der Waals surface area (Å²) in [5.41, 5.74) is 0.977. The van der Waals surface area contributed by atoms with E-state index in [4.69, 9.17) is 9.15 Å². The molecule has 140 valence electrons. The summed E-state index contributed by atoms with van der Waals surface area (Å²) in [6, 6.07) is 7.88. The lowest BCUT2D eigenvalue weighted by molar-refractivity contribution is 0.0904. The third kappa shape index (κ3) is 4.73. The first-order valence-corrected chi connectivity index (χ1v) is 8.98. The van der Waals surface area contributed by atoms with Crippen LogP contribution in [0.2, 0.25) is 0 Å². The van der Waals surface area contributed by atoms with Crippen molar-refractivity contribution in [1.29, 1.82) is 0 Å². The van der Waals surface area contributed by atoms with Gasteiger partial charge in [-0.25, -0.2) is 9.97 Å². The second-order valence-electron chi connectivity index (χ2n) is 6.44. The van der Waals surface area contributed by atoms with Crippen LogP contribution in [-0.4, -0.2) is 39.4 Å². The molecule has 1 aliphatic heterocycles. The molecule has 8 heteroatoms. The fourth-order valence-corrected chi connectivity index (χ4v) is 2.89. The quantitative estimate of drug-likeness (QED) is 0.612. The van der Waals surface area contributed by atoms with Gasteiger partial charge in [-0.05, 0) is 44.1 Å². The Labute approximate surface area is 157 Å². The Kier molecular flexibility index (Phi) is 5.15. The highest BCUT2D eigenvalue weighted by molar-refractivity contribution is 5.66. The summed E-state index contributed by atoms with van der Waals surface area (Å²) in [5.74, 6) is 3.48. The first kappa shape index (κ1) is 17.3. The van der Waals surface area contributed by atoms with Gasteiger partial charge in [-0.1, -0.05) is 0 Å². The van der Waals surface area contributed by atoms with E-state index in [1.165, 1.54) is 0 Å². The predicted octanol–water partition coefficient (Wildman–Crippen LogP) is 3.61. The highest BCUT2D eigenvalue weighted by Crippen LogP contribution is 2.20. The fourth-order valence-electron chi connectivity index (χ4n) is 2.89. The second-order valence-corrected chi connectivity index (χ2v) is 6.44. The van der Waals surface area contributed by atoms with Gasteiger partial charge in [0, 0.05) is 37.1 Å². The number of H-pyrrole nitrogens is 1. The lowest BCUT2D eigenvalue weighted by Gasteiger charge is -2.23. The first-order chi connectivity index (χ1) is 13.2. The summed E-state index contributed by atoms with van der Waals surface area (Å²) in [7, 11) is 0. The maximum Gasteiger partial charge on any atom is 0.156 e. The number of aromatic nitrogens is 4. The van der Waals surface area contributed by atoms with Gasteiger partial charge in [0.2, 0.25) is 0 Å². The smallest absolute Gasteiger partial charge is 0.156 e. The van der Waals surface area contributed by atoms with E-state index in [1.54, 1.807) is 6.26 Å². The van der Waals surface area contributed by atoms with Gasteiger partial charge < -0.3 is 19.8 Å². The number of aryl methyl sites for hydroxylation is 1. The molecule has 0 atom stereocenters. The molecule has 1 aliphatic rings. The third-order valence-corrected chi connectivity index (χ3v) is 4.22. The van der Waals surface area contributed by atoms with Crippen LogP contribution in [0.4, 0.5) is 17.5 Å². The molecular weight excluding hydrogens is 344 g/mol. The summed E-state index contributed by atoms with van der Waals surface area (Å²) in [6.07, 6.45) is 7.23. The van der Waals surface area contributed by atoms with Gasteiger partial charge in [-0.2, -0.15) is 5.10 Å². The lowest BCUT2D eigenvalue weighted by Crippen LogP contribution is -2.28. The standard InChI is InChI=1S/C19H22N6O2/c1-13-11-19(25-24-13)23-18-12-17(20-14-6-9-26-10-7-14)21-16(22-18)5-4-15-3-2-8-27-15/h2-5,8,11-12,14H,6-7,9-10H2,1H3,(H3,20,21,22,23,24,25)/b5-4+. The predicted molar refractivity (Wildman–Crippen MR) is 104 cm³/mol. The number of rotatable bonds is 6. The van der Waals surface area contributed by atoms with Gasteiger partial charge in [0.25, 0.3) is 0 Å². The molecule has 0 saturated carbocycles. The first-order valence-electron chi connectivity index (χ1n) is 8.98. The number of ether oxygens (including phenoxy) is 1. The summed E-state index contributed by atoms with van der Waals surface area (Å²) in [4.78, 5) is 9.18. The summed E-state index contributed by atoms with van der Waals surface area (Å²) in [6.45, 7) is 3.49. The maximum absolute atomic E-state index is 5.43. The average molecular weight is 366 g/mol. The molecule has 0 aliphatic carbocycles.